The molecule has 0 atom stereocenters. The van der Waals surface area contributed by atoms with E-state index in [0.29, 0.717) is 18.9 Å². The molecule has 2 aromatic carbocycles. The lowest BCUT2D eigenvalue weighted by molar-refractivity contribution is 0.0905. The van der Waals surface area contributed by atoms with Crippen molar-refractivity contribution in [3.8, 4) is 5.75 Å². The number of methoxy groups -OCH3 is 1. The fraction of sp³-hybridized carbons (Fsp3) is 0.211. The zero-order valence-electron chi connectivity index (χ0n) is 13.5. The van der Waals surface area contributed by atoms with Crippen LogP contribution in [0.2, 0.25) is 0 Å². The van der Waals surface area contributed by atoms with Gasteiger partial charge in [-0.15, -0.1) is 0 Å². The van der Waals surface area contributed by atoms with Gasteiger partial charge < -0.3 is 19.2 Å². The second-order valence-electron chi connectivity index (χ2n) is 5.28. The summed E-state index contributed by atoms with van der Waals surface area (Å²) in [6.45, 7) is 1.17. The average Bonchev–Trinajstić information content (AvgIpc) is 3.09. The lowest BCUT2D eigenvalue weighted by Gasteiger charge is -2.08. The van der Waals surface area contributed by atoms with Gasteiger partial charge in [0, 0.05) is 19.0 Å². The summed E-state index contributed by atoms with van der Waals surface area (Å²) in [5.41, 5.74) is 0. The first-order valence-corrected chi connectivity index (χ1v) is 7.74. The lowest BCUT2D eigenvalue weighted by Crippen LogP contribution is -2.26. The van der Waals surface area contributed by atoms with E-state index in [1.807, 2.05) is 42.5 Å². The van der Waals surface area contributed by atoms with Crippen LogP contribution in [0.25, 0.3) is 10.8 Å². The van der Waals surface area contributed by atoms with Crippen molar-refractivity contribution in [3.05, 3.63) is 66.1 Å². The number of carbonyl (C=O) groups is 1. The molecule has 0 spiro atoms. The zero-order valence-corrected chi connectivity index (χ0v) is 13.5. The number of furan rings is 1. The van der Waals surface area contributed by atoms with Crippen LogP contribution in [0.3, 0.4) is 0 Å². The molecule has 1 N–H and O–H groups in total. The Morgan fingerprint density at radius 2 is 1.92 bits per heavy atom. The summed E-state index contributed by atoms with van der Waals surface area (Å²) in [5.74, 6) is 1.39. The second kappa shape index (κ2) is 7.66. The van der Waals surface area contributed by atoms with E-state index in [-0.39, 0.29) is 18.3 Å². The highest BCUT2D eigenvalue weighted by Gasteiger charge is 2.11. The van der Waals surface area contributed by atoms with Gasteiger partial charge in [-0.3, -0.25) is 4.79 Å². The minimum absolute atomic E-state index is 0.261. The van der Waals surface area contributed by atoms with Gasteiger partial charge in [0.05, 0.1) is 6.61 Å². The zero-order chi connectivity index (χ0) is 16.8. The van der Waals surface area contributed by atoms with Crippen molar-refractivity contribution < 1.29 is 18.7 Å². The Balaban J connectivity index is 1.64. The van der Waals surface area contributed by atoms with Crippen LogP contribution in [0, 0.1) is 0 Å². The number of nitrogens with one attached hydrogen (secondary N) is 1. The Morgan fingerprint density at radius 1 is 1.08 bits per heavy atom. The molecular formula is C19H19NO4. The summed E-state index contributed by atoms with van der Waals surface area (Å²) >= 11 is 0. The Labute approximate surface area is 140 Å². The maximum absolute atomic E-state index is 11.9. The number of benzene rings is 2. The first-order valence-electron chi connectivity index (χ1n) is 7.74. The minimum atomic E-state index is -0.261. The van der Waals surface area contributed by atoms with E-state index in [1.54, 1.807) is 19.2 Å². The number of hydrogen-bond donors (Lipinski definition) is 1. The molecule has 0 unspecified atom stereocenters. The Bertz CT molecular complexity index is 820. The third-order valence-electron chi connectivity index (χ3n) is 3.60. The highest BCUT2D eigenvalue weighted by Crippen LogP contribution is 2.26. The van der Waals surface area contributed by atoms with Gasteiger partial charge in [0.1, 0.15) is 18.1 Å². The number of carbonyl (C=O) groups excluding carboxylic acids is 1. The largest absolute Gasteiger partial charge is 0.485 e. The molecule has 0 bridgehead atoms. The van der Waals surface area contributed by atoms with E-state index in [4.69, 9.17) is 13.9 Å². The van der Waals surface area contributed by atoms with E-state index in [9.17, 15) is 4.79 Å². The smallest absolute Gasteiger partial charge is 0.287 e. The average molecular weight is 325 g/mol. The van der Waals surface area contributed by atoms with Crippen molar-refractivity contribution in [3.63, 3.8) is 0 Å². The first-order chi connectivity index (χ1) is 11.8. The Hall–Kier alpha value is -2.79. The molecule has 0 radical (unpaired) electrons. The fourth-order valence-electron chi connectivity index (χ4n) is 2.40. The number of ether oxygens (including phenoxy) is 2. The van der Waals surface area contributed by atoms with Gasteiger partial charge >= 0.3 is 0 Å². The van der Waals surface area contributed by atoms with Crippen molar-refractivity contribution >= 4 is 16.7 Å². The van der Waals surface area contributed by atoms with Crippen LogP contribution in [0.15, 0.2) is 59.0 Å². The van der Waals surface area contributed by atoms with Gasteiger partial charge in [-0.05, 0) is 23.6 Å². The minimum Gasteiger partial charge on any atom is -0.485 e. The predicted octanol–water partition coefficient (Wildman–Crippen LogP) is 3.39. The molecular weight excluding hydrogens is 306 g/mol. The standard InChI is InChI=1S/C19H19NO4/c1-22-12-11-20-19(21)18-10-9-15(24-18)13-23-17-8-4-6-14-5-2-3-7-16(14)17/h2-10H,11-13H2,1H3,(H,20,21). The molecule has 5 heteroatoms. The Morgan fingerprint density at radius 3 is 2.79 bits per heavy atom. The third kappa shape index (κ3) is 3.75. The molecule has 24 heavy (non-hydrogen) atoms. The Kier molecular flexibility index (Phi) is 5.13. The number of amides is 1. The highest BCUT2D eigenvalue weighted by atomic mass is 16.5. The van der Waals surface area contributed by atoms with Crippen LogP contribution in [0.1, 0.15) is 16.3 Å². The van der Waals surface area contributed by atoms with Crippen molar-refractivity contribution in [2.24, 2.45) is 0 Å². The van der Waals surface area contributed by atoms with Crippen LogP contribution in [-0.2, 0) is 11.3 Å². The fourth-order valence-corrected chi connectivity index (χ4v) is 2.40. The van der Waals surface area contributed by atoms with E-state index >= 15 is 0 Å². The maximum atomic E-state index is 11.9. The van der Waals surface area contributed by atoms with Gasteiger partial charge in [0.2, 0.25) is 0 Å². The van der Waals surface area contributed by atoms with Crippen LogP contribution < -0.4 is 10.1 Å². The van der Waals surface area contributed by atoms with Crippen molar-refractivity contribution in [2.75, 3.05) is 20.3 Å². The van der Waals surface area contributed by atoms with E-state index < -0.39 is 0 Å². The number of hydrogen-bond acceptors (Lipinski definition) is 4. The molecule has 0 aliphatic heterocycles. The molecule has 0 aliphatic rings. The quantitative estimate of drug-likeness (QED) is 0.677. The molecule has 3 aromatic rings. The van der Waals surface area contributed by atoms with Gasteiger partial charge in [-0.25, -0.2) is 0 Å². The molecule has 5 nitrogen and oxygen atoms in total. The first kappa shape index (κ1) is 16.1. The second-order valence-corrected chi connectivity index (χ2v) is 5.28. The van der Waals surface area contributed by atoms with Gasteiger partial charge in [0.25, 0.3) is 5.91 Å². The summed E-state index contributed by atoms with van der Waals surface area (Å²) in [4.78, 5) is 11.9. The molecule has 124 valence electrons. The van der Waals surface area contributed by atoms with Gasteiger partial charge in [0.15, 0.2) is 5.76 Å². The summed E-state index contributed by atoms with van der Waals surface area (Å²) < 4.78 is 16.3. The SMILES string of the molecule is COCCNC(=O)c1ccc(COc2cccc3ccccc23)o1. The predicted molar refractivity (Wildman–Crippen MR) is 91.2 cm³/mol. The van der Waals surface area contributed by atoms with Crippen LogP contribution in [-0.4, -0.2) is 26.2 Å². The van der Waals surface area contributed by atoms with E-state index in [0.717, 1.165) is 16.5 Å². The molecule has 1 amide bonds. The summed E-state index contributed by atoms with van der Waals surface area (Å²) in [7, 11) is 1.59. The molecule has 0 fully saturated rings. The van der Waals surface area contributed by atoms with E-state index in [2.05, 4.69) is 5.32 Å². The number of rotatable bonds is 7. The van der Waals surface area contributed by atoms with Crippen molar-refractivity contribution in [1.82, 2.24) is 5.32 Å². The van der Waals surface area contributed by atoms with Crippen LogP contribution in [0.5, 0.6) is 5.75 Å². The molecule has 0 saturated heterocycles. The van der Waals surface area contributed by atoms with Gasteiger partial charge in [-0.2, -0.15) is 0 Å². The van der Waals surface area contributed by atoms with Crippen molar-refractivity contribution in [1.29, 1.82) is 0 Å². The number of fused-ring (bicyclic) bond motifs is 1. The van der Waals surface area contributed by atoms with E-state index in [1.165, 1.54) is 0 Å². The normalized spacial score (nSPS) is 10.7. The third-order valence-corrected chi connectivity index (χ3v) is 3.60. The molecule has 1 heterocycles. The summed E-state index contributed by atoms with van der Waals surface area (Å²) in [5, 5.41) is 4.88. The van der Waals surface area contributed by atoms with Crippen LogP contribution in [0.4, 0.5) is 0 Å². The summed E-state index contributed by atoms with van der Waals surface area (Å²) in [6, 6.07) is 17.3. The topological polar surface area (TPSA) is 60.7 Å². The molecule has 1 aromatic heterocycles. The van der Waals surface area contributed by atoms with Gasteiger partial charge in [-0.1, -0.05) is 36.4 Å². The molecule has 0 aliphatic carbocycles. The lowest BCUT2D eigenvalue weighted by atomic mass is 10.1. The monoisotopic (exact) mass is 325 g/mol. The van der Waals surface area contributed by atoms with Crippen LogP contribution >= 0.6 is 0 Å². The van der Waals surface area contributed by atoms with Crippen molar-refractivity contribution in [2.45, 2.75) is 6.61 Å². The highest BCUT2D eigenvalue weighted by molar-refractivity contribution is 5.91. The maximum Gasteiger partial charge on any atom is 0.287 e. The molecule has 0 saturated carbocycles. The molecule has 3 rings (SSSR count). The summed E-state index contributed by atoms with van der Waals surface area (Å²) in [6.07, 6.45) is 0.